The Bertz CT molecular complexity index is 331. The molecule has 2 rings (SSSR count). The molecule has 0 saturated heterocycles. The van der Waals surface area contributed by atoms with Gasteiger partial charge < -0.3 is 4.52 Å². The second kappa shape index (κ2) is 6.15. The van der Waals surface area contributed by atoms with Crippen LogP contribution in [0.4, 0.5) is 0 Å². The third-order valence-electron chi connectivity index (χ3n) is 3.57. The quantitative estimate of drug-likeness (QED) is 0.763. The third-order valence-corrected chi connectivity index (χ3v) is 3.57. The molecule has 0 atom stereocenters. The third kappa shape index (κ3) is 3.28. The largest absolute Gasteiger partial charge is 0.338 e. The van der Waals surface area contributed by atoms with Crippen molar-refractivity contribution in [1.29, 1.82) is 0 Å². The first kappa shape index (κ1) is 12.6. The van der Waals surface area contributed by atoms with Crippen LogP contribution in [0, 0.1) is 0 Å². The van der Waals surface area contributed by atoms with Crippen LogP contribution in [-0.2, 0) is 13.0 Å². The van der Waals surface area contributed by atoms with Gasteiger partial charge in [0.2, 0.25) is 5.89 Å². The molecule has 1 aromatic rings. The SMILES string of the molecule is CCCc1noc(CN(CC)C2CCCC2)n1. The lowest BCUT2D eigenvalue weighted by Crippen LogP contribution is -2.32. The van der Waals surface area contributed by atoms with Gasteiger partial charge in [-0.05, 0) is 25.8 Å². The summed E-state index contributed by atoms with van der Waals surface area (Å²) < 4.78 is 5.31. The van der Waals surface area contributed by atoms with Gasteiger partial charge in [0.25, 0.3) is 0 Å². The second-order valence-corrected chi connectivity index (χ2v) is 4.86. The predicted octanol–water partition coefficient (Wildman–Crippen LogP) is 2.79. The highest BCUT2D eigenvalue weighted by Crippen LogP contribution is 2.24. The average Bonchev–Trinajstić information content (AvgIpc) is 2.97. The lowest BCUT2D eigenvalue weighted by Gasteiger charge is -2.25. The first-order valence-electron chi connectivity index (χ1n) is 6.89. The lowest BCUT2D eigenvalue weighted by molar-refractivity contribution is 0.175. The van der Waals surface area contributed by atoms with Crippen molar-refractivity contribution in [2.24, 2.45) is 0 Å². The van der Waals surface area contributed by atoms with Crippen molar-refractivity contribution in [3.05, 3.63) is 11.7 Å². The molecule has 17 heavy (non-hydrogen) atoms. The molecule has 4 heteroatoms. The Morgan fingerprint density at radius 1 is 1.29 bits per heavy atom. The van der Waals surface area contributed by atoms with Crippen molar-refractivity contribution in [3.8, 4) is 0 Å². The van der Waals surface area contributed by atoms with Crippen LogP contribution in [0.25, 0.3) is 0 Å². The first-order valence-corrected chi connectivity index (χ1v) is 6.89. The molecular weight excluding hydrogens is 214 g/mol. The molecule has 1 heterocycles. The topological polar surface area (TPSA) is 42.2 Å². The molecular formula is C13H23N3O. The van der Waals surface area contributed by atoms with Gasteiger partial charge >= 0.3 is 0 Å². The Morgan fingerprint density at radius 2 is 2.06 bits per heavy atom. The highest BCUT2D eigenvalue weighted by atomic mass is 16.5. The number of aromatic nitrogens is 2. The van der Waals surface area contributed by atoms with Crippen LogP contribution in [0.3, 0.4) is 0 Å². The smallest absolute Gasteiger partial charge is 0.240 e. The van der Waals surface area contributed by atoms with E-state index in [0.717, 1.165) is 43.7 Å². The summed E-state index contributed by atoms with van der Waals surface area (Å²) in [6.45, 7) is 6.22. The summed E-state index contributed by atoms with van der Waals surface area (Å²) in [5.74, 6) is 1.63. The highest BCUT2D eigenvalue weighted by Gasteiger charge is 2.22. The van der Waals surface area contributed by atoms with Crippen LogP contribution in [0.2, 0.25) is 0 Å². The Morgan fingerprint density at radius 3 is 2.71 bits per heavy atom. The minimum absolute atomic E-state index is 0.724. The lowest BCUT2D eigenvalue weighted by atomic mass is 10.2. The van der Waals surface area contributed by atoms with Gasteiger partial charge in [0.15, 0.2) is 5.82 Å². The molecule has 96 valence electrons. The van der Waals surface area contributed by atoms with Gasteiger partial charge in [-0.1, -0.05) is 31.8 Å². The van der Waals surface area contributed by atoms with E-state index in [9.17, 15) is 0 Å². The number of hydrogen-bond acceptors (Lipinski definition) is 4. The Balaban J connectivity index is 1.92. The number of nitrogens with zero attached hydrogens (tertiary/aromatic N) is 3. The van der Waals surface area contributed by atoms with Gasteiger partial charge in [-0.3, -0.25) is 4.90 Å². The van der Waals surface area contributed by atoms with Crippen molar-refractivity contribution in [2.75, 3.05) is 6.54 Å². The fourth-order valence-electron chi connectivity index (χ4n) is 2.62. The summed E-state index contributed by atoms with van der Waals surface area (Å²) in [5.41, 5.74) is 0. The number of hydrogen-bond donors (Lipinski definition) is 0. The molecule has 0 N–H and O–H groups in total. The van der Waals surface area contributed by atoms with Crippen LogP contribution >= 0.6 is 0 Å². The van der Waals surface area contributed by atoms with Crippen molar-refractivity contribution in [2.45, 2.75) is 65.0 Å². The minimum Gasteiger partial charge on any atom is -0.338 e. The van der Waals surface area contributed by atoms with E-state index >= 15 is 0 Å². The molecule has 1 aliphatic carbocycles. The van der Waals surface area contributed by atoms with Crippen LogP contribution in [0.5, 0.6) is 0 Å². The van der Waals surface area contributed by atoms with E-state index < -0.39 is 0 Å². The maximum atomic E-state index is 5.31. The van der Waals surface area contributed by atoms with Crippen LogP contribution < -0.4 is 0 Å². The van der Waals surface area contributed by atoms with Gasteiger partial charge in [-0.25, -0.2) is 0 Å². The fourth-order valence-corrected chi connectivity index (χ4v) is 2.62. The summed E-state index contributed by atoms with van der Waals surface area (Å²) >= 11 is 0. The fraction of sp³-hybridized carbons (Fsp3) is 0.846. The second-order valence-electron chi connectivity index (χ2n) is 4.86. The van der Waals surface area contributed by atoms with E-state index in [-0.39, 0.29) is 0 Å². The number of aryl methyl sites for hydroxylation is 1. The standard InChI is InChI=1S/C13H23N3O/c1-3-7-12-14-13(17-15-12)10-16(4-2)11-8-5-6-9-11/h11H,3-10H2,1-2H3. The van der Waals surface area contributed by atoms with Gasteiger partial charge in [-0.2, -0.15) is 4.98 Å². The molecule has 0 spiro atoms. The maximum absolute atomic E-state index is 5.31. The number of rotatable bonds is 6. The molecule has 0 unspecified atom stereocenters. The zero-order chi connectivity index (χ0) is 12.1. The van der Waals surface area contributed by atoms with E-state index in [4.69, 9.17) is 4.52 Å². The zero-order valence-electron chi connectivity index (χ0n) is 11.0. The van der Waals surface area contributed by atoms with Crippen LogP contribution in [0.15, 0.2) is 4.52 Å². The van der Waals surface area contributed by atoms with Crippen molar-refractivity contribution < 1.29 is 4.52 Å². The van der Waals surface area contributed by atoms with E-state index in [1.54, 1.807) is 0 Å². The van der Waals surface area contributed by atoms with Gasteiger partial charge in [0, 0.05) is 12.5 Å². The summed E-state index contributed by atoms with van der Waals surface area (Å²) in [6.07, 6.45) is 7.36. The van der Waals surface area contributed by atoms with Crippen molar-refractivity contribution in [3.63, 3.8) is 0 Å². The summed E-state index contributed by atoms with van der Waals surface area (Å²) in [5, 5.41) is 4.01. The molecule has 0 radical (unpaired) electrons. The molecule has 4 nitrogen and oxygen atoms in total. The van der Waals surface area contributed by atoms with Crippen LogP contribution in [-0.4, -0.2) is 27.6 Å². The molecule has 1 fully saturated rings. The van der Waals surface area contributed by atoms with E-state index in [2.05, 4.69) is 28.9 Å². The van der Waals surface area contributed by atoms with Gasteiger partial charge in [-0.15, -0.1) is 0 Å². The van der Waals surface area contributed by atoms with E-state index in [1.165, 1.54) is 25.7 Å². The van der Waals surface area contributed by atoms with Crippen molar-refractivity contribution in [1.82, 2.24) is 15.0 Å². The van der Waals surface area contributed by atoms with Gasteiger partial charge in [0.05, 0.1) is 6.54 Å². The van der Waals surface area contributed by atoms with Crippen LogP contribution in [0.1, 0.15) is 57.7 Å². The average molecular weight is 237 g/mol. The van der Waals surface area contributed by atoms with Gasteiger partial charge in [0.1, 0.15) is 0 Å². The molecule has 1 saturated carbocycles. The monoisotopic (exact) mass is 237 g/mol. The van der Waals surface area contributed by atoms with Crippen molar-refractivity contribution >= 4 is 0 Å². The normalized spacial score (nSPS) is 17.1. The Hall–Kier alpha value is -0.900. The summed E-state index contributed by atoms with van der Waals surface area (Å²) in [7, 11) is 0. The molecule has 0 bridgehead atoms. The predicted molar refractivity (Wildman–Crippen MR) is 66.6 cm³/mol. The summed E-state index contributed by atoms with van der Waals surface area (Å²) in [6, 6.07) is 0.724. The molecule has 0 aromatic carbocycles. The maximum Gasteiger partial charge on any atom is 0.240 e. The zero-order valence-corrected chi connectivity index (χ0v) is 11.0. The summed E-state index contributed by atoms with van der Waals surface area (Å²) in [4.78, 5) is 6.91. The first-order chi connectivity index (χ1) is 8.33. The molecule has 1 aliphatic rings. The van der Waals surface area contributed by atoms with E-state index in [0.29, 0.717) is 0 Å². The highest BCUT2D eigenvalue weighted by molar-refractivity contribution is 4.88. The Kier molecular flexibility index (Phi) is 4.54. The molecule has 0 aliphatic heterocycles. The molecule has 0 amide bonds. The molecule has 1 aromatic heterocycles. The Labute approximate surface area is 103 Å². The van der Waals surface area contributed by atoms with E-state index in [1.807, 2.05) is 0 Å². The minimum atomic E-state index is 0.724.